The van der Waals surface area contributed by atoms with Gasteiger partial charge in [-0.1, -0.05) is 31.2 Å². The summed E-state index contributed by atoms with van der Waals surface area (Å²) in [4.78, 5) is 0.367. The van der Waals surface area contributed by atoms with Crippen LogP contribution in [0.15, 0.2) is 54.6 Å². The van der Waals surface area contributed by atoms with E-state index in [1.54, 1.807) is 42.5 Å². The molecule has 0 amide bonds. The van der Waals surface area contributed by atoms with Gasteiger partial charge in [0.1, 0.15) is 10.5 Å². The standard InChI is InChI=1S/C17H14F3S.ClH/c1-2-12-8-9-15-14(10-12)11-16(21(15)17(18,19)20)13-6-4-3-5-7-13;/h3-11H,2H2,1H3;1H/q+1;/p-1. The second kappa shape index (κ2) is 6.31. The number of thiophene rings is 1. The highest BCUT2D eigenvalue weighted by atomic mass is 35.5. The smallest absolute Gasteiger partial charge is 0.601 e. The lowest BCUT2D eigenvalue weighted by Gasteiger charge is -2.00. The van der Waals surface area contributed by atoms with Crippen molar-refractivity contribution in [2.45, 2.75) is 18.9 Å². The van der Waals surface area contributed by atoms with Gasteiger partial charge in [-0.05, 0) is 36.2 Å². The topological polar surface area (TPSA) is 0 Å². The third kappa shape index (κ3) is 2.99. The molecular weight excluding hydrogens is 329 g/mol. The highest BCUT2D eigenvalue weighted by Gasteiger charge is 2.48. The summed E-state index contributed by atoms with van der Waals surface area (Å²) in [6.07, 6.45) is 0.821. The quantitative estimate of drug-likeness (QED) is 0.627. The van der Waals surface area contributed by atoms with Crippen LogP contribution in [0.25, 0.3) is 20.5 Å². The summed E-state index contributed by atoms with van der Waals surface area (Å²) in [6.45, 7) is 2.00. The van der Waals surface area contributed by atoms with Crippen LogP contribution in [0.1, 0.15) is 12.5 Å². The molecule has 0 saturated heterocycles. The molecular formula is C17H14ClF3S. The number of aryl methyl sites for hydroxylation is 1. The van der Waals surface area contributed by atoms with Crippen LogP contribution >= 0.6 is 10.5 Å². The molecule has 0 N–H and O–H groups in total. The Kier molecular flexibility index (Phi) is 4.83. The van der Waals surface area contributed by atoms with Gasteiger partial charge in [-0.25, -0.2) is 0 Å². The van der Waals surface area contributed by atoms with Gasteiger partial charge in [0.15, 0.2) is 9.58 Å². The number of benzene rings is 2. The van der Waals surface area contributed by atoms with E-state index in [2.05, 4.69) is 0 Å². The maximum Gasteiger partial charge on any atom is 0.601 e. The van der Waals surface area contributed by atoms with E-state index in [-0.39, 0.29) is 12.4 Å². The lowest BCUT2D eigenvalue weighted by molar-refractivity contribution is -0.0864. The van der Waals surface area contributed by atoms with Gasteiger partial charge in [0, 0.05) is 17.0 Å². The normalized spacial score (nSPS) is 12.3. The maximum absolute atomic E-state index is 13.5. The van der Waals surface area contributed by atoms with Crippen LogP contribution in [-0.4, -0.2) is 0 Å². The molecule has 1 unspecified atom stereocenters. The second-order valence-corrected chi connectivity index (χ2v) is 6.81. The molecule has 0 saturated carbocycles. The first-order valence-corrected chi connectivity index (χ1v) is 7.94. The van der Waals surface area contributed by atoms with Crippen molar-refractivity contribution in [3.8, 4) is 10.4 Å². The third-order valence-electron chi connectivity index (χ3n) is 3.50. The molecule has 0 nitrogen and oxygen atoms in total. The summed E-state index contributed by atoms with van der Waals surface area (Å²) in [5.74, 6) is 0. The molecule has 0 fully saturated rings. The van der Waals surface area contributed by atoms with E-state index in [1.807, 2.05) is 19.1 Å². The molecule has 2 aromatic carbocycles. The van der Waals surface area contributed by atoms with Crippen molar-refractivity contribution in [2.24, 2.45) is 0 Å². The summed E-state index contributed by atoms with van der Waals surface area (Å²) in [6, 6.07) is 15.8. The summed E-state index contributed by atoms with van der Waals surface area (Å²) in [5, 5.41) is 0.703. The predicted octanol–water partition coefficient (Wildman–Crippen LogP) is 3.30. The minimum atomic E-state index is -4.25. The molecule has 0 aliphatic carbocycles. The van der Waals surface area contributed by atoms with Crippen LogP contribution in [0.2, 0.25) is 0 Å². The minimum absolute atomic E-state index is 0. The van der Waals surface area contributed by atoms with E-state index >= 15 is 0 Å². The molecule has 0 aliphatic rings. The third-order valence-corrected chi connectivity index (χ3v) is 5.57. The number of alkyl halides is 3. The Morgan fingerprint density at radius 2 is 1.64 bits per heavy atom. The number of fused-ring (bicyclic) bond motifs is 1. The van der Waals surface area contributed by atoms with E-state index in [0.717, 1.165) is 12.0 Å². The molecule has 5 heteroatoms. The van der Waals surface area contributed by atoms with Gasteiger partial charge in [0.2, 0.25) is 0 Å². The lowest BCUT2D eigenvalue weighted by atomic mass is 10.1. The molecule has 3 aromatic rings. The number of halogens is 4. The zero-order chi connectivity index (χ0) is 15.0. The molecule has 22 heavy (non-hydrogen) atoms. The molecule has 116 valence electrons. The molecule has 3 rings (SSSR count). The molecule has 0 radical (unpaired) electrons. The monoisotopic (exact) mass is 342 g/mol. The van der Waals surface area contributed by atoms with Gasteiger partial charge in [-0.15, -0.1) is 13.2 Å². The van der Waals surface area contributed by atoms with Crippen LogP contribution in [-0.2, 0) is 11.9 Å². The fraction of sp³-hybridized carbons (Fsp3) is 0.176. The summed E-state index contributed by atoms with van der Waals surface area (Å²) >= 11 is 0. The molecule has 0 spiro atoms. The van der Waals surface area contributed by atoms with Crippen molar-refractivity contribution in [3.63, 3.8) is 0 Å². The first-order chi connectivity index (χ1) is 10.0. The van der Waals surface area contributed by atoms with Crippen molar-refractivity contribution in [3.05, 3.63) is 60.2 Å². The molecule has 0 aliphatic heterocycles. The summed E-state index contributed by atoms with van der Waals surface area (Å²) < 4.78 is 41.0. The Morgan fingerprint density at radius 1 is 0.955 bits per heavy atom. The Hall–Kier alpha value is -1.52. The summed E-state index contributed by atoms with van der Waals surface area (Å²) in [7, 11) is -1.86. The summed E-state index contributed by atoms with van der Waals surface area (Å²) in [5.41, 5.74) is -2.54. The number of hydrogen-bond donors (Lipinski definition) is 0. The SMILES string of the molecule is CCc1ccc2c(c1)cc(-c1ccccc1)[s+]2C(F)(F)F.[Cl-]. The predicted molar refractivity (Wildman–Crippen MR) is 82.5 cm³/mol. The van der Waals surface area contributed by atoms with Gasteiger partial charge < -0.3 is 12.4 Å². The van der Waals surface area contributed by atoms with Crippen LogP contribution in [0.3, 0.4) is 0 Å². The van der Waals surface area contributed by atoms with Crippen molar-refractivity contribution in [2.75, 3.05) is 0 Å². The van der Waals surface area contributed by atoms with Crippen LogP contribution < -0.4 is 12.4 Å². The molecule has 1 aromatic heterocycles. The Balaban J connectivity index is 0.00000176. The minimum Gasteiger partial charge on any atom is -1.00 e. The zero-order valence-electron chi connectivity index (χ0n) is 11.8. The molecule has 0 bridgehead atoms. The van der Waals surface area contributed by atoms with Crippen molar-refractivity contribution < 1.29 is 25.6 Å². The van der Waals surface area contributed by atoms with Crippen molar-refractivity contribution >= 4 is 20.6 Å². The Bertz CT molecular complexity index is 776. The average molecular weight is 343 g/mol. The number of rotatable bonds is 2. The fourth-order valence-corrected chi connectivity index (χ4v) is 4.40. The highest BCUT2D eigenvalue weighted by Crippen LogP contribution is 2.54. The van der Waals surface area contributed by atoms with Crippen LogP contribution in [0, 0.1) is 0 Å². The molecule has 1 heterocycles. The van der Waals surface area contributed by atoms with E-state index < -0.39 is 16.0 Å². The second-order valence-electron chi connectivity index (χ2n) is 4.85. The van der Waals surface area contributed by atoms with Gasteiger partial charge >= 0.3 is 5.51 Å². The average Bonchev–Trinajstić information content (AvgIpc) is 2.86. The lowest BCUT2D eigenvalue weighted by Crippen LogP contribution is -3.00. The van der Waals surface area contributed by atoms with E-state index in [9.17, 15) is 13.2 Å². The maximum atomic E-state index is 13.5. The highest BCUT2D eigenvalue weighted by molar-refractivity contribution is 7.41. The van der Waals surface area contributed by atoms with Gasteiger partial charge in [-0.3, -0.25) is 0 Å². The van der Waals surface area contributed by atoms with Gasteiger partial charge in [0.25, 0.3) is 0 Å². The van der Waals surface area contributed by atoms with E-state index in [0.29, 0.717) is 20.5 Å². The Labute approximate surface area is 136 Å². The van der Waals surface area contributed by atoms with Crippen molar-refractivity contribution in [1.82, 2.24) is 0 Å². The van der Waals surface area contributed by atoms with Crippen LogP contribution in [0.5, 0.6) is 0 Å². The molecule has 1 atom stereocenters. The first-order valence-electron chi connectivity index (χ1n) is 6.72. The van der Waals surface area contributed by atoms with E-state index in [1.165, 1.54) is 0 Å². The van der Waals surface area contributed by atoms with Gasteiger partial charge in [0.05, 0.1) is 0 Å². The van der Waals surface area contributed by atoms with Gasteiger partial charge in [-0.2, -0.15) is 0 Å². The first kappa shape index (κ1) is 16.8. The zero-order valence-corrected chi connectivity index (χ0v) is 13.4. The van der Waals surface area contributed by atoms with Crippen molar-refractivity contribution in [1.29, 1.82) is 0 Å². The fourth-order valence-electron chi connectivity index (χ4n) is 2.49. The van der Waals surface area contributed by atoms with E-state index in [4.69, 9.17) is 0 Å². The number of hydrogen-bond acceptors (Lipinski definition) is 0. The van der Waals surface area contributed by atoms with Crippen LogP contribution in [0.4, 0.5) is 13.2 Å². The Morgan fingerprint density at radius 3 is 2.23 bits per heavy atom. The largest absolute Gasteiger partial charge is 1.00 e.